The Morgan fingerprint density at radius 3 is 2.51 bits per heavy atom. The van der Waals surface area contributed by atoms with Gasteiger partial charge < -0.3 is 5.11 Å². The average molecular weight is 526 g/mol. The lowest BCUT2D eigenvalue weighted by Crippen LogP contribution is -2.42. The summed E-state index contributed by atoms with van der Waals surface area (Å²) in [7, 11) is -4.43. The lowest BCUT2D eigenvalue weighted by molar-refractivity contribution is -0.137. The van der Waals surface area contributed by atoms with Crippen molar-refractivity contribution in [2.45, 2.75) is 30.5 Å². The number of anilines is 1. The highest BCUT2D eigenvalue weighted by Gasteiger charge is 2.36. The molecular weight excluding hydrogens is 506 g/mol. The molecule has 0 aromatic heterocycles. The van der Waals surface area contributed by atoms with Crippen molar-refractivity contribution >= 4 is 39.0 Å². The Bertz CT molecular complexity index is 1400. The number of nitrogens with zero attached hydrogens (tertiary/aromatic N) is 1. The van der Waals surface area contributed by atoms with Crippen LogP contribution in [0.15, 0.2) is 65.6 Å². The Balaban J connectivity index is 1.79. The molecule has 3 aromatic rings. The van der Waals surface area contributed by atoms with E-state index in [9.17, 15) is 31.1 Å². The number of aliphatic hydroxyl groups excluding tert-OH is 1. The van der Waals surface area contributed by atoms with Crippen LogP contribution in [0.5, 0.6) is 0 Å². The van der Waals surface area contributed by atoms with E-state index in [0.717, 1.165) is 22.5 Å². The zero-order valence-corrected chi connectivity index (χ0v) is 19.9. The van der Waals surface area contributed by atoms with E-state index in [2.05, 4.69) is 0 Å². The zero-order chi connectivity index (χ0) is 25.5. The van der Waals surface area contributed by atoms with Gasteiger partial charge >= 0.3 is 6.18 Å². The number of fused-ring (bicyclic) bond motifs is 1. The van der Waals surface area contributed by atoms with Crippen LogP contribution in [0, 0.1) is 5.82 Å². The molecule has 0 spiro atoms. The first-order chi connectivity index (χ1) is 16.4. The maximum absolute atomic E-state index is 14.3. The lowest BCUT2D eigenvalue weighted by atomic mass is 9.97. The van der Waals surface area contributed by atoms with Crippen molar-refractivity contribution in [3.63, 3.8) is 0 Å². The number of rotatable bonds is 4. The standard InChI is InChI=1S/C25H20ClF4NO3S/c1-15(24-21(26)6-3-7-22(24)27)10-16-8-9-17-12-19(32)14-31(23(17)11-16)35(33,34)20-5-2-4-18(13-20)25(28,29)30/h2-11,13,19,32H,12,14H2,1H3/b15-10+/t19-/m0/s1. The molecule has 1 heterocycles. The number of β-amino-alcohol motifs (C(OH)–C–C–N with tert-alkyl or cyclic N) is 1. The van der Waals surface area contributed by atoms with Gasteiger partial charge in [-0.25, -0.2) is 12.8 Å². The Kier molecular flexibility index (Phi) is 6.70. The molecule has 10 heteroatoms. The monoisotopic (exact) mass is 525 g/mol. The highest BCUT2D eigenvalue weighted by atomic mass is 35.5. The molecule has 1 aliphatic heterocycles. The van der Waals surface area contributed by atoms with E-state index in [1.54, 1.807) is 37.3 Å². The Morgan fingerprint density at radius 1 is 1.11 bits per heavy atom. The molecule has 3 aromatic carbocycles. The molecule has 1 aliphatic rings. The number of alkyl halides is 3. The van der Waals surface area contributed by atoms with Crippen molar-refractivity contribution in [3.8, 4) is 0 Å². The zero-order valence-electron chi connectivity index (χ0n) is 18.4. The number of sulfonamides is 1. The third kappa shape index (κ3) is 5.07. The molecule has 0 saturated carbocycles. The first kappa shape index (κ1) is 25.2. The molecule has 35 heavy (non-hydrogen) atoms. The van der Waals surface area contributed by atoms with Gasteiger partial charge in [-0.15, -0.1) is 0 Å². The number of aliphatic hydroxyl groups is 1. The van der Waals surface area contributed by atoms with Gasteiger partial charge in [0.15, 0.2) is 0 Å². The lowest BCUT2D eigenvalue weighted by Gasteiger charge is -2.33. The third-order valence-corrected chi connectivity index (χ3v) is 7.79. The Hall–Kier alpha value is -2.88. The summed E-state index contributed by atoms with van der Waals surface area (Å²) in [5.74, 6) is -0.513. The molecule has 0 fully saturated rings. The van der Waals surface area contributed by atoms with E-state index >= 15 is 0 Å². The van der Waals surface area contributed by atoms with Crippen LogP contribution in [0.4, 0.5) is 23.2 Å². The number of hydrogen-bond acceptors (Lipinski definition) is 3. The predicted octanol–water partition coefficient (Wildman–Crippen LogP) is 6.17. The fraction of sp³-hybridized carbons (Fsp3) is 0.200. The molecule has 0 radical (unpaired) electrons. The molecule has 4 nitrogen and oxygen atoms in total. The predicted molar refractivity (Wildman–Crippen MR) is 127 cm³/mol. The van der Waals surface area contributed by atoms with E-state index in [1.165, 1.54) is 12.1 Å². The van der Waals surface area contributed by atoms with E-state index < -0.39 is 38.6 Å². The summed E-state index contributed by atoms with van der Waals surface area (Å²) in [4.78, 5) is -0.539. The SMILES string of the molecule is C/C(=C\c1ccc2c(c1)N(S(=O)(=O)c1cccc(C(F)(F)F)c1)C[C@@H](O)C2)c1c(F)cccc1Cl. The molecule has 1 N–H and O–H groups in total. The van der Waals surface area contributed by atoms with Crippen LogP contribution in [0.1, 0.15) is 29.2 Å². The van der Waals surface area contributed by atoms with Gasteiger partial charge in [-0.05, 0) is 60.0 Å². The van der Waals surface area contributed by atoms with Crippen LogP contribution in [0.3, 0.4) is 0 Å². The van der Waals surface area contributed by atoms with Crippen LogP contribution in [0.2, 0.25) is 5.02 Å². The summed E-state index contributed by atoms with van der Waals surface area (Å²) >= 11 is 6.14. The number of allylic oxidation sites excluding steroid dienone is 1. The van der Waals surface area contributed by atoms with Crippen LogP contribution >= 0.6 is 11.6 Å². The molecule has 0 amide bonds. The van der Waals surface area contributed by atoms with Gasteiger partial charge in [0.2, 0.25) is 0 Å². The maximum atomic E-state index is 14.3. The van der Waals surface area contributed by atoms with Crippen LogP contribution < -0.4 is 4.31 Å². The molecular formula is C25H20ClF4NO3S. The van der Waals surface area contributed by atoms with Gasteiger partial charge in [0, 0.05) is 12.0 Å². The van der Waals surface area contributed by atoms with Gasteiger partial charge in [0.25, 0.3) is 10.0 Å². The van der Waals surface area contributed by atoms with Crippen LogP contribution in [-0.4, -0.2) is 26.2 Å². The summed E-state index contributed by atoms with van der Waals surface area (Å²) in [5, 5.41) is 10.5. The van der Waals surface area contributed by atoms with E-state index in [1.807, 2.05) is 0 Å². The van der Waals surface area contributed by atoms with Gasteiger partial charge in [-0.3, -0.25) is 4.31 Å². The van der Waals surface area contributed by atoms with Crippen molar-refractivity contribution < 1.29 is 31.1 Å². The minimum absolute atomic E-state index is 0.173. The fourth-order valence-corrected chi connectivity index (χ4v) is 5.96. The molecule has 1 atom stereocenters. The summed E-state index contributed by atoms with van der Waals surface area (Å²) in [6.07, 6.45) is -3.95. The van der Waals surface area contributed by atoms with E-state index in [4.69, 9.17) is 11.6 Å². The van der Waals surface area contributed by atoms with Crippen molar-refractivity contribution in [2.75, 3.05) is 10.8 Å². The number of halogens is 5. The maximum Gasteiger partial charge on any atom is 0.416 e. The first-order valence-corrected chi connectivity index (χ1v) is 12.3. The minimum atomic E-state index is -4.71. The minimum Gasteiger partial charge on any atom is -0.391 e. The Morgan fingerprint density at radius 2 is 1.83 bits per heavy atom. The van der Waals surface area contributed by atoms with Crippen LogP contribution in [-0.2, 0) is 22.6 Å². The summed E-state index contributed by atoms with van der Waals surface area (Å²) < 4.78 is 81.5. The van der Waals surface area contributed by atoms with Gasteiger partial charge in [0.05, 0.1) is 33.8 Å². The largest absolute Gasteiger partial charge is 0.416 e. The molecule has 4 rings (SSSR count). The van der Waals surface area contributed by atoms with Crippen molar-refractivity contribution in [3.05, 3.63) is 93.8 Å². The van der Waals surface area contributed by atoms with E-state index in [0.29, 0.717) is 22.8 Å². The van der Waals surface area contributed by atoms with Crippen molar-refractivity contribution in [1.29, 1.82) is 0 Å². The molecule has 0 unspecified atom stereocenters. The van der Waals surface area contributed by atoms with Gasteiger partial charge in [0.1, 0.15) is 5.82 Å². The second-order valence-corrected chi connectivity index (χ2v) is 10.5. The average Bonchev–Trinajstić information content (AvgIpc) is 2.78. The second kappa shape index (κ2) is 9.29. The molecule has 0 aliphatic carbocycles. The van der Waals surface area contributed by atoms with Gasteiger partial charge in [-0.2, -0.15) is 13.2 Å². The summed E-state index contributed by atoms with van der Waals surface area (Å²) in [6, 6.07) is 12.6. The smallest absolute Gasteiger partial charge is 0.391 e. The van der Waals surface area contributed by atoms with Crippen molar-refractivity contribution in [2.24, 2.45) is 0 Å². The normalized spacial score (nSPS) is 16.8. The first-order valence-electron chi connectivity index (χ1n) is 10.5. The molecule has 0 bridgehead atoms. The fourth-order valence-electron chi connectivity index (χ4n) is 4.07. The second-order valence-electron chi connectivity index (χ2n) is 8.23. The number of benzene rings is 3. The quantitative estimate of drug-likeness (QED) is 0.327. The summed E-state index contributed by atoms with van der Waals surface area (Å²) in [6.45, 7) is 1.33. The third-order valence-electron chi connectivity index (χ3n) is 5.70. The summed E-state index contributed by atoms with van der Waals surface area (Å²) in [5.41, 5.74) is 0.880. The van der Waals surface area contributed by atoms with Crippen molar-refractivity contribution in [1.82, 2.24) is 0 Å². The Labute approximate surface area is 205 Å². The van der Waals surface area contributed by atoms with E-state index in [-0.39, 0.29) is 29.2 Å². The highest BCUT2D eigenvalue weighted by Crippen LogP contribution is 2.36. The molecule has 184 valence electrons. The van der Waals surface area contributed by atoms with Crippen LogP contribution in [0.25, 0.3) is 11.6 Å². The molecule has 0 saturated heterocycles. The number of hydrogen-bond donors (Lipinski definition) is 1. The highest BCUT2D eigenvalue weighted by molar-refractivity contribution is 7.92. The topological polar surface area (TPSA) is 57.6 Å². The van der Waals surface area contributed by atoms with Gasteiger partial charge in [-0.1, -0.05) is 41.9 Å².